The molecule has 4 heterocycles. The van der Waals surface area contributed by atoms with Gasteiger partial charge in [-0.1, -0.05) is 147 Å². The fraction of sp³-hybridized carbons (Fsp3) is 0.0361. The zero-order chi connectivity index (χ0) is 58.6. The van der Waals surface area contributed by atoms with Crippen LogP contribution >= 0.6 is 0 Å². The first kappa shape index (κ1) is 49.6. The van der Waals surface area contributed by atoms with E-state index in [9.17, 15) is 0 Å². The van der Waals surface area contributed by atoms with E-state index in [1.807, 2.05) is 24.3 Å². The Bertz CT molecular complexity index is 5610. The molecule has 0 radical (unpaired) electrons. The molecule has 0 unspecified atom stereocenters. The lowest BCUT2D eigenvalue weighted by molar-refractivity contribution is 0.656. The minimum absolute atomic E-state index is 0.308. The van der Waals surface area contributed by atoms with Crippen LogP contribution in [-0.2, 0) is 5.41 Å². The summed E-state index contributed by atoms with van der Waals surface area (Å²) in [7, 11) is 0. The van der Waals surface area contributed by atoms with E-state index in [1.165, 1.54) is 43.8 Å². The average Bonchev–Trinajstić information content (AvgIpc) is 1.57. The van der Waals surface area contributed by atoms with Gasteiger partial charge in [0.25, 0.3) is 0 Å². The van der Waals surface area contributed by atoms with Gasteiger partial charge in [0.1, 0.15) is 44.7 Å². The lowest BCUT2D eigenvalue weighted by Crippen LogP contribution is -2.14. The molecule has 0 saturated carbocycles. The molecule has 0 fully saturated rings. The third-order valence-electron chi connectivity index (χ3n) is 19.0. The summed E-state index contributed by atoms with van der Waals surface area (Å²) in [5.74, 6) is 0. The van der Waals surface area contributed by atoms with Crippen LogP contribution in [0.2, 0.25) is 0 Å². The predicted molar refractivity (Wildman–Crippen MR) is 368 cm³/mol. The van der Waals surface area contributed by atoms with Crippen LogP contribution in [0.25, 0.3) is 143 Å². The molecule has 0 aliphatic heterocycles. The smallest absolute Gasteiger partial charge is 0.137 e. The highest BCUT2D eigenvalue weighted by molar-refractivity contribution is 6.13. The van der Waals surface area contributed by atoms with Gasteiger partial charge in [0.05, 0.1) is 0 Å². The van der Waals surface area contributed by atoms with Crippen molar-refractivity contribution in [3.63, 3.8) is 0 Å². The lowest BCUT2D eigenvalue weighted by atomic mass is 9.81. The zero-order valence-electron chi connectivity index (χ0n) is 48.6. The van der Waals surface area contributed by atoms with Gasteiger partial charge in [0.2, 0.25) is 0 Å². The third-order valence-corrected chi connectivity index (χ3v) is 19.0. The molecule has 418 valence electrons. The minimum atomic E-state index is -0.308. The number of hydrogen-bond donors (Lipinski definition) is 0. The fourth-order valence-corrected chi connectivity index (χ4v) is 14.5. The maximum atomic E-state index is 7.00. The van der Waals surface area contributed by atoms with Crippen LogP contribution < -0.4 is 9.80 Å². The van der Waals surface area contributed by atoms with Crippen molar-refractivity contribution in [3.05, 3.63) is 290 Å². The predicted octanol–water partition coefficient (Wildman–Crippen LogP) is 24.2. The maximum absolute atomic E-state index is 7.00. The van der Waals surface area contributed by atoms with Crippen LogP contribution in [0.4, 0.5) is 34.1 Å². The molecule has 6 nitrogen and oxygen atoms in total. The summed E-state index contributed by atoms with van der Waals surface area (Å²) in [6, 6.07) is 100. The molecule has 0 N–H and O–H groups in total. The molecule has 1 aliphatic carbocycles. The topological polar surface area (TPSA) is 59.0 Å². The Morgan fingerprint density at radius 3 is 1.01 bits per heavy atom. The van der Waals surface area contributed by atoms with Gasteiger partial charge in [-0.15, -0.1) is 0 Å². The standard InChI is InChI=1S/C83H52N2O4/c1-83(2)73-45-71-65-35-31-61(84(59-33-37-77-69(41-59)63-15-7-9-17-75(63)86-77)57-27-23-51(24-28-57)55-21-19-49-11-3-5-13-53(49)39-55)43-79(65)88-81(71)47-67(73)68-48-82-72(46-74(68)83)66-36-32-62(44-80(66)89-82)85(60-34-38-78-70(42-60)64-16-8-10-18-76(64)87-78)58-29-25-52(26-30-58)56-22-20-50-12-4-6-14-54(50)40-56/h3-48H,1-2H3. The van der Waals surface area contributed by atoms with Gasteiger partial charge >= 0.3 is 0 Å². The summed E-state index contributed by atoms with van der Waals surface area (Å²) in [6.45, 7) is 4.70. The molecule has 0 amide bonds. The van der Waals surface area contributed by atoms with Crippen molar-refractivity contribution in [2.45, 2.75) is 19.3 Å². The van der Waals surface area contributed by atoms with Crippen LogP contribution in [-0.4, -0.2) is 0 Å². The molecular formula is C83H52N2O4. The number of para-hydroxylation sites is 2. The molecule has 0 bridgehead atoms. The molecule has 14 aromatic carbocycles. The normalized spacial score (nSPS) is 12.9. The Morgan fingerprint density at radius 1 is 0.225 bits per heavy atom. The summed E-state index contributed by atoms with van der Waals surface area (Å²) in [6.07, 6.45) is 0. The van der Waals surface area contributed by atoms with E-state index in [4.69, 9.17) is 17.7 Å². The molecule has 0 saturated heterocycles. The minimum Gasteiger partial charge on any atom is -0.456 e. The second-order valence-corrected chi connectivity index (χ2v) is 24.4. The number of furan rings is 4. The van der Waals surface area contributed by atoms with Crippen molar-refractivity contribution in [2.75, 3.05) is 9.80 Å². The molecule has 18 aromatic rings. The number of anilines is 6. The summed E-state index contributed by atoms with van der Waals surface area (Å²) in [5.41, 5.74) is 22.1. The largest absolute Gasteiger partial charge is 0.456 e. The summed E-state index contributed by atoms with van der Waals surface area (Å²) >= 11 is 0. The highest BCUT2D eigenvalue weighted by Gasteiger charge is 2.37. The third kappa shape index (κ3) is 7.70. The number of benzene rings is 14. The first-order valence-electron chi connectivity index (χ1n) is 30.4. The van der Waals surface area contributed by atoms with Gasteiger partial charge in [0, 0.05) is 94.8 Å². The zero-order valence-corrected chi connectivity index (χ0v) is 48.6. The van der Waals surface area contributed by atoms with Crippen LogP contribution in [0.3, 0.4) is 0 Å². The fourth-order valence-electron chi connectivity index (χ4n) is 14.5. The molecule has 0 atom stereocenters. The van der Waals surface area contributed by atoms with E-state index < -0.39 is 0 Å². The van der Waals surface area contributed by atoms with E-state index in [1.54, 1.807) is 0 Å². The molecule has 4 aromatic heterocycles. The average molecular weight is 1140 g/mol. The molecular weight excluding hydrogens is 1090 g/mol. The highest BCUT2D eigenvalue weighted by Crippen LogP contribution is 2.54. The van der Waals surface area contributed by atoms with Crippen molar-refractivity contribution >= 4 is 143 Å². The Balaban J connectivity index is 0.700. The van der Waals surface area contributed by atoms with Gasteiger partial charge in [0.15, 0.2) is 0 Å². The van der Waals surface area contributed by atoms with E-state index in [0.717, 1.165) is 144 Å². The molecule has 89 heavy (non-hydrogen) atoms. The van der Waals surface area contributed by atoms with Crippen molar-refractivity contribution < 1.29 is 17.7 Å². The monoisotopic (exact) mass is 1140 g/mol. The first-order valence-corrected chi connectivity index (χ1v) is 30.4. The van der Waals surface area contributed by atoms with E-state index in [0.29, 0.717) is 0 Å². The number of rotatable bonds is 8. The van der Waals surface area contributed by atoms with Crippen LogP contribution in [0.15, 0.2) is 297 Å². The highest BCUT2D eigenvalue weighted by atomic mass is 16.3. The Hall–Kier alpha value is -11.6. The van der Waals surface area contributed by atoms with Gasteiger partial charge < -0.3 is 27.5 Å². The number of hydrogen-bond acceptors (Lipinski definition) is 6. The van der Waals surface area contributed by atoms with Crippen LogP contribution in [0.5, 0.6) is 0 Å². The Labute approximate surface area is 510 Å². The molecule has 0 spiro atoms. The number of nitrogens with zero attached hydrogens (tertiary/aromatic N) is 2. The van der Waals surface area contributed by atoms with Crippen LogP contribution in [0, 0.1) is 0 Å². The lowest BCUT2D eigenvalue weighted by Gasteiger charge is -2.26. The second-order valence-electron chi connectivity index (χ2n) is 24.4. The quantitative estimate of drug-likeness (QED) is 0.151. The first-order chi connectivity index (χ1) is 43.8. The SMILES string of the molecule is CC1(C)c2cc3c(cc2-c2cc4oc5cc(N(c6ccc(-c7ccc8ccccc8c7)cc6)c6ccc7oc8ccccc8c7c6)ccc5c4cc21)oc1cc(N(c2ccc(-c4ccc5ccccc5c4)cc2)c2ccc4oc5ccccc5c4c2)ccc13. The van der Waals surface area contributed by atoms with Gasteiger partial charge in [-0.3, -0.25) is 0 Å². The van der Waals surface area contributed by atoms with E-state index >= 15 is 0 Å². The van der Waals surface area contributed by atoms with Crippen molar-refractivity contribution in [1.82, 2.24) is 0 Å². The molecule has 6 heteroatoms. The summed E-state index contributed by atoms with van der Waals surface area (Å²) in [5, 5.41) is 13.6. The van der Waals surface area contributed by atoms with E-state index in [-0.39, 0.29) is 5.41 Å². The maximum Gasteiger partial charge on any atom is 0.137 e. The van der Waals surface area contributed by atoms with Gasteiger partial charge in [-0.2, -0.15) is 0 Å². The molecule has 1 aliphatic rings. The molecule has 19 rings (SSSR count). The summed E-state index contributed by atoms with van der Waals surface area (Å²) in [4.78, 5) is 4.64. The Morgan fingerprint density at radius 2 is 0.551 bits per heavy atom. The van der Waals surface area contributed by atoms with Crippen molar-refractivity contribution in [1.29, 1.82) is 0 Å². The second kappa shape index (κ2) is 18.7. The van der Waals surface area contributed by atoms with E-state index in [2.05, 4.69) is 278 Å². The van der Waals surface area contributed by atoms with Crippen LogP contribution in [0.1, 0.15) is 25.0 Å². The Kier molecular flexibility index (Phi) is 10.4. The summed E-state index contributed by atoms with van der Waals surface area (Å²) < 4.78 is 26.7. The van der Waals surface area contributed by atoms with Gasteiger partial charge in [-0.25, -0.2) is 0 Å². The van der Waals surface area contributed by atoms with Crippen molar-refractivity contribution in [3.8, 4) is 33.4 Å². The van der Waals surface area contributed by atoms with Gasteiger partial charge in [-0.05, 0) is 200 Å². The van der Waals surface area contributed by atoms with Crippen molar-refractivity contribution in [2.24, 2.45) is 0 Å². The number of fused-ring (bicyclic) bond motifs is 17.